The fourth-order valence-electron chi connectivity index (χ4n) is 10.7. The summed E-state index contributed by atoms with van der Waals surface area (Å²) in [6.07, 6.45) is 9.64. The van der Waals surface area contributed by atoms with E-state index in [1.807, 2.05) is 17.6 Å². The number of rotatable bonds is 8. The van der Waals surface area contributed by atoms with Gasteiger partial charge in [0.2, 0.25) is 0 Å². The first kappa shape index (κ1) is 39.7. The molecule has 0 spiro atoms. The van der Waals surface area contributed by atoms with Gasteiger partial charge in [-0.05, 0) is 131 Å². The van der Waals surface area contributed by atoms with Crippen LogP contribution in [0.4, 0.5) is 8.78 Å². The van der Waals surface area contributed by atoms with Crippen molar-refractivity contribution < 1.29 is 22.8 Å². The molecule has 1 N–H and O–H groups in total. The molecule has 0 unspecified atom stereocenters. The normalized spacial score (nSPS) is 20.2. The largest absolute Gasteiger partial charge is 0.438 e. The van der Waals surface area contributed by atoms with Crippen molar-refractivity contribution in [2.45, 2.75) is 94.7 Å². The van der Waals surface area contributed by atoms with Crippen LogP contribution < -0.4 is 11.4 Å². The molecule has 12 rings (SSSR count). The number of carbonyl (C=O) groups excluding carboxylic acids is 1. The molecule has 17 heteroatoms. The summed E-state index contributed by atoms with van der Waals surface area (Å²) in [5.41, 5.74) is 3.89. The van der Waals surface area contributed by atoms with Crippen LogP contribution in [-0.2, 0) is 23.7 Å². The average molecular weight is 881 g/mol. The van der Waals surface area contributed by atoms with Gasteiger partial charge in [0.15, 0.2) is 11.6 Å². The zero-order chi connectivity index (χ0) is 44.7. The first-order chi connectivity index (χ1) is 31.3. The van der Waals surface area contributed by atoms with Crippen molar-refractivity contribution in [1.82, 2.24) is 48.3 Å². The Morgan fingerprint density at radius 1 is 0.938 bits per heavy atom. The number of ether oxygens (including phenoxy) is 1. The van der Waals surface area contributed by atoms with E-state index in [-0.39, 0.29) is 40.2 Å². The van der Waals surface area contributed by atoms with Crippen LogP contribution in [0, 0.1) is 11.6 Å². The van der Waals surface area contributed by atoms with Gasteiger partial charge in [-0.15, -0.1) is 0 Å². The molecule has 0 bridgehead atoms. The monoisotopic (exact) mass is 880 g/mol. The summed E-state index contributed by atoms with van der Waals surface area (Å²) in [6.45, 7) is 7.11. The van der Waals surface area contributed by atoms with Crippen molar-refractivity contribution in [2.24, 2.45) is 7.05 Å². The zero-order valence-electron chi connectivity index (χ0n) is 36.3. The average Bonchev–Trinajstić information content (AvgIpc) is 4.03. The van der Waals surface area contributed by atoms with Crippen LogP contribution in [0.2, 0.25) is 0 Å². The Hall–Kier alpha value is -6.88. The Bertz CT molecular complexity index is 3390. The molecule has 2 aliphatic heterocycles. The lowest BCUT2D eigenvalue weighted by atomic mass is 9.83. The van der Waals surface area contributed by atoms with Crippen molar-refractivity contribution in [3.05, 3.63) is 140 Å². The van der Waals surface area contributed by atoms with Crippen molar-refractivity contribution in [1.29, 1.82) is 0 Å². The van der Waals surface area contributed by atoms with Gasteiger partial charge in [0.05, 0.1) is 45.8 Å². The fourth-order valence-corrected chi connectivity index (χ4v) is 10.7. The number of aromatic amines is 1. The predicted molar refractivity (Wildman–Crippen MR) is 235 cm³/mol. The maximum absolute atomic E-state index is 16.1. The number of halogens is 2. The molecule has 3 fully saturated rings. The predicted octanol–water partition coefficient (Wildman–Crippen LogP) is 7.46. The highest BCUT2D eigenvalue weighted by Crippen LogP contribution is 2.51. The van der Waals surface area contributed by atoms with Gasteiger partial charge in [-0.25, -0.2) is 23.1 Å². The Labute approximate surface area is 369 Å². The van der Waals surface area contributed by atoms with Crippen LogP contribution in [0.25, 0.3) is 39.0 Å². The maximum atomic E-state index is 16.1. The molecule has 15 nitrogen and oxygen atoms in total. The van der Waals surface area contributed by atoms with E-state index in [2.05, 4.69) is 47.3 Å². The van der Waals surface area contributed by atoms with Crippen LogP contribution in [0.15, 0.2) is 87.3 Å². The van der Waals surface area contributed by atoms with Gasteiger partial charge in [-0.1, -0.05) is 11.2 Å². The minimum absolute atomic E-state index is 0.0517. The van der Waals surface area contributed by atoms with Gasteiger partial charge in [-0.2, -0.15) is 10.2 Å². The van der Waals surface area contributed by atoms with Crippen molar-refractivity contribution in [2.75, 3.05) is 13.2 Å². The maximum Gasteiger partial charge on any atom is 0.438 e. The summed E-state index contributed by atoms with van der Waals surface area (Å²) in [4.78, 5) is 47.1. The molecule has 3 aromatic carbocycles. The molecular formula is C48H46F2N10O5. The molecule has 332 valence electrons. The molecule has 8 aromatic rings. The minimum atomic E-state index is -0.812. The van der Waals surface area contributed by atoms with Crippen LogP contribution in [-0.4, -0.2) is 73.0 Å². The molecule has 65 heavy (non-hydrogen) atoms. The fraction of sp³-hybridized carbons (Fsp3) is 0.375. The second-order valence-corrected chi connectivity index (χ2v) is 18.9. The molecule has 7 heterocycles. The van der Waals surface area contributed by atoms with Gasteiger partial charge >= 0.3 is 11.4 Å². The standard InChI is InChI=1S/C48H46F2N10O5/c1-26-40-35(53-60(31-8-9-34(49)32(23-31)27-5-6-27)42(40)58-19-18-57(46(58)63)38-12-11-37-33(41(38)50)25-51-55(37)4)13-17-56(26)43(61)39-22-30-21-28(29-14-20-64-47(2,3)24-29)7-10-36(30)59(39)48(15-16-48)44-52-45(62)65-54-44/h7-12,18-19,21-23,25-27,29H,5-6,13-17,20,24H2,1-4H3,(H,52,54,62)/t26-,29-/m0/s1. The lowest BCUT2D eigenvalue weighted by Crippen LogP contribution is -2.41. The minimum Gasteiger partial charge on any atom is -0.376 e. The summed E-state index contributed by atoms with van der Waals surface area (Å²) >= 11 is 0. The Morgan fingerprint density at radius 3 is 2.49 bits per heavy atom. The first-order valence-corrected chi connectivity index (χ1v) is 22.3. The van der Waals surface area contributed by atoms with E-state index in [4.69, 9.17) is 14.4 Å². The number of fused-ring (bicyclic) bond motifs is 3. The number of hydrogen-bond donors (Lipinski definition) is 1. The summed E-state index contributed by atoms with van der Waals surface area (Å²) in [6, 6.07) is 15.8. The van der Waals surface area contributed by atoms with E-state index >= 15 is 13.6 Å². The third-order valence-electron chi connectivity index (χ3n) is 14.3. The summed E-state index contributed by atoms with van der Waals surface area (Å²) in [7, 11) is 1.72. The Balaban J connectivity index is 0.994. The number of hydrogen-bond acceptors (Lipinski definition) is 8. The van der Waals surface area contributed by atoms with E-state index < -0.39 is 28.8 Å². The highest BCUT2D eigenvalue weighted by atomic mass is 19.1. The van der Waals surface area contributed by atoms with E-state index in [0.29, 0.717) is 77.8 Å². The van der Waals surface area contributed by atoms with Gasteiger partial charge < -0.3 is 14.2 Å². The highest BCUT2D eigenvalue weighted by Gasteiger charge is 2.52. The van der Waals surface area contributed by atoms with Gasteiger partial charge in [0, 0.05) is 55.5 Å². The van der Waals surface area contributed by atoms with E-state index in [0.717, 1.165) is 36.6 Å². The van der Waals surface area contributed by atoms with Crippen molar-refractivity contribution in [3.63, 3.8) is 0 Å². The third-order valence-corrected chi connectivity index (χ3v) is 14.3. The van der Waals surface area contributed by atoms with Gasteiger partial charge in [0.1, 0.15) is 22.9 Å². The number of H-pyrrole nitrogens is 1. The quantitative estimate of drug-likeness (QED) is 0.165. The third kappa shape index (κ3) is 6.14. The van der Waals surface area contributed by atoms with Crippen LogP contribution in [0.3, 0.4) is 0 Å². The molecular weight excluding hydrogens is 835 g/mol. The zero-order valence-corrected chi connectivity index (χ0v) is 36.3. The topological polar surface area (TPSA) is 156 Å². The molecule has 2 atom stereocenters. The lowest BCUT2D eigenvalue weighted by Gasteiger charge is -2.35. The van der Waals surface area contributed by atoms with E-state index in [1.54, 1.807) is 51.8 Å². The molecule has 5 aromatic heterocycles. The SMILES string of the molecule is C[C@H]1c2c(nn(-c3ccc(F)c(C4CC4)c3)c2-n2ccn(-c3ccc4c(cnn4C)c3F)c2=O)CCN1C(=O)c1cc2cc([C@H]3CCOC(C)(C)C3)ccc2n1C1(c2noc(=O)[nH]2)CC1. The van der Waals surface area contributed by atoms with E-state index in [1.165, 1.54) is 33.2 Å². The molecule has 2 aliphatic carbocycles. The number of aryl methyl sites for hydroxylation is 1. The van der Waals surface area contributed by atoms with Gasteiger partial charge in [-0.3, -0.25) is 28.1 Å². The smallest absolute Gasteiger partial charge is 0.376 e. The lowest BCUT2D eigenvalue weighted by molar-refractivity contribution is -0.0592. The summed E-state index contributed by atoms with van der Waals surface area (Å²) < 4.78 is 50.4. The number of nitrogens with one attached hydrogen (secondary N) is 1. The van der Waals surface area contributed by atoms with Gasteiger partial charge in [0.25, 0.3) is 5.91 Å². The number of benzene rings is 3. The Morgan fingerprint density at radius 2 is 1.74 bits per heavy atom. The summed E-state index contributed by atoms with van der Waals surface area (Å²) in [5.74, 6) is -0.714. The van der Waals surface area contributed by atoms with Crippen LogP contribution >= 0.6 is 0 Å². The molecule has 0 radical (unpaired) electrons. The number of nitrogens with zero attached hydrogens (tertiary/aromatic N) is 9. The first-order valence-electron chi connectivity index (χ1n) is 22.3. The molecule has 2 saturated carbocycles. The van der Waals surface area contributed by atoms with Crippen molar-refractivity contribution >= 4 is 27.7 Å². The molecule has 4 aliphatic rings. The van der Waals surface area contributed by atoms with E-state index in [9.17, 15) is 9.59 Å². The van der Waals surface area contributed by atoms with Crippen LogP contribution in [0.1, 0.15) is 116 Å². The highest BCUT2D eigenvalue weighted by molar-refractivity contribution is 6.00. The molecule has 1 amide bonds. The number of aromatic nitrogens is 9. The second kappa shape index (κ2) is 14.1. The second-order valence-electron chi connectivity index (χ2n) is 18.9. The summed E-state index contributed by atoms with van der Waals surface area (Å²) in [5, 5.41) is 14.6. The Kier molecular flexibility index (Phi) is 8.58. The number of amides is 1. The number of imidazole rings is 1. The number of carbonyl (C=O) groups is 1. The van der Waals surface area contributed by atoms with Crippen molar-refractivity contribution in [3.8, 4) is 17.2 Å². The molecule has 1 saturated heterocycles. The van der Waals surface area contributed by atoms with Crippen LogP contribution in [0.5, 0.6) is 0 Å².